The van der Waals surface area contributed by atoms with E-state index in [4.69, 9.17) is 4.74 Å². The lowest BCUT2D eigenvalue weighted by Crippen LogP contribution is -2.40. The average Bonchev–Trinajstić information content (AvgIpc) is 2.34. The summed E-state index contributed by atoms with van der Waals surface area (Å²) in [4.78, 5) is 0. The average molecular weight is 263 g/mol. The molecule has 0 heterocycles. The van der Waals surface area contributed by atoms with Crippen LogP contribution in [-0.2, 0) is 4.74 Å². The van der Waals surface area contributed by atoms with Crippen molar-refractivity contribution in [2.45, 2.75) is 63.8 Å². The standard InChI is InChI=1S/C14H27F2NO/c1-3-10-17-13(5-4-11-18-2)12-6-8-14(15,16)9-7-12/h12-13,17H,3-11H2,1-2H3. The first-order valence-electron chi connectivity index (χ1n) is 7.19. The smallest absolute Gasteiger partial charge is 0.248 e. The van der Waals surface area contributed by atoms with Gasteiger partial charge in [-0.2, -0.15) is 0 Å². The van der Waals surface area contributed by atoms with Crippen LogP contribution < -0.4 is 5.32 Å². The Kier molecular flexibility index (Phi) is 7.08. The van der Waals surface area contributed by atoms with Crippen LogP contribution >= 0.6 is 0 Å². The molecule has 108 valence electrons. The van der Waals surface area contributed by atoms with Gasteiger partial charge in [-0.3, -0.25) is 0 Å². The summed E-state index contributed by atoms with van der Waals surface area (Å²) in [6, 6.07) is 0.385. The van der Waals surface area contributed by atoms with Crippen LogP contribution in [0.15, 0.2) is 0 Å². The molecule has 4 heteroatoms. The number of hydrogen-bond donors (Lipinski definition) is 1. The molecule has 0 aromatic carbocycles. The fourth-order valence-electron chi connectivity index (χ4n) is 2.75. The van der Waals surface area contributed by atoms with Crippen molar-refractivity contribution in [1.29, 1.82) is 0 Å². The van der Waals surface area contributed by atoms with Crippen molar-refractivity contribution in [3.05, 3.63) is 0 Å². The second kappa shape index (κ2) is 8.05. The van der Waals surface area contributed by atoms with Gasteiger partial charge in [0.15, 0.2) is 0 Å². The molecule has 0 aromatic heterocycles. The zero-order valence-corrected chi connectivity index (χ0v) is 11.7. The van der Waals surface area contributed by atoms with Gasteiger partial charge in [0.05, 0.1) is 0 Å². The van der Waals surface area contributed by atoms with Gasteiger partial charge in [0.25, 0.3) is 0 Å². The van der Waals surface area contributed by atoms with E-state index in [1.54, 1.807) is 7.11 Å². The van der Waals surface area contributed by atoms with Crippen molar-refractivity contribution in [2.75, 3.05) is 20.3 Å². The predicted octanol–water partition coefficient (Wildman–Crippen LogP) is 3.61. The third-order valence-corrected chi connectivity index (χ3v) is 3.85. The monoisotopic (exact) mass is 263 g/mol. The maximum absolute atomic E-state index is 13.2. The first kappa shape index (κ1) is 15.8. The van der Waals surface area contributed by atoms with Crippen molar-refractivity contribution < 1.29 is 13.5 Å². The fraction of sp³-hybridized carbons (Fsp3) is 1.00. The minimum atomic E-state index is -2.42. The number of hydrogen-bond acceptors (Lipinski definition) is 2. The van der Waals surface area contributed by atoms with Crippen LogP contribution in [0.5, 0.6) is 0 Å². The van der Waals surface area contributed by atoms with Gasteiger partial charge < -0.3 is 10.1 Å². The van der Waals surface area contributed by atoms with E-state index in [0.29, 0.717) is 24.8 Å². The third kappa shape index (κ3) is 5.61. The van der Waals surface area contributed by atoms with E-state index in [1.807, 2.05) is 0 Å². The van der Waals surface area contributed by atoms with Crippen molar-refractivity contribution >= 4 is 0 Å². The van der Waals surface area contributed by atoms with Crippen LogP contribution in [0, 0.1) is 5.92 Å². The van der Waals surface area contributed by atoms with Crippen LogP contribution in [0.4, 0.5) is 8.78 Å². The van der Waals surface area contributed by atoms with Crippen molar-refractivity contribution in [3.8, 4) is 0 Å². The molecule has 1 atom stereocenters. The summed E-state index contributed by atoms with van der Waals surface area (Å²) in [6.07, 6.45) is 4.56. The quantitative estimate of drug-likeness (QED) is 0.675. The zero-order valence-electron chi connectivity index (χ0n) is 11.7. The van der Waals surface area contributed by atoms with Gasteiger partial charge in [-0.15, -0.1) is 0 Å². The largest absolute Gasteiger partial charge is 0.385 e. The lowest BCUT2D eigenvalue weighted by atomic mass is 9.80. The van der Waals surface area contributed by atoms with Crippen LogP contribution in [0.3, 0.4) is 0 Å². The summed E-state index contributed by atoms with van der Waals surface area (Å²) in [6.45, 7) is 3.87. The Morgan fingerprint density at radius 3 is 2.56 bits per heavy atom. The van der Waals surface area contributed by atoms with Gasteiger partial charge in [0.1, 0.15) is 0 Å². The first-order valence-corrected chi connectivity index (χ1v) is 7.19. The number of alkyl halides is 2. The van der Waals surface area contributed by atoms with Gasteiger partial charge in [0, 0.05) is 32.6 Å². The van der Waals surface area contributed by atoms with Crippen LogP contribution in [0.2, 0.25) is 0 Å². The second-order valence-corrected chi connectivity index (χ2v) is 5.39. The molecule has 1 aliphatic rings. The maximum Gasteiger partial charge on any atom is 0.248 e. The summed E-state index contributed by atoms with van der Waals surface area (Å²) in [5.41, 5.74) is 0. The number of ether oxygens (including phenoxy) is 1. The molecule has 1 aliphatic carbocycles. The molecule has 0 radical (unpaired) electrons. The van der Waals surface area contributed by atoms with E-state index in [1.165, 1.54) is 0 Å². The number of methoxy groups -OCH3 is 1. The van der Waals surface area contributed by atoms with Gasteiger partial charge in [0.2, 0.25) is 5.92 Å². The molecule has 2 nitrogen and oxygen atoms in total. The van der Waals surface area contributed by atoms with Crippen LogP contribution in [0.25, 0.3) is 0 Å². The van der Waals surface area contributed by atoms with Crippen LogP contribution in [0.1, 0.15) is 51.9 Å². The highest BCUT2D eigenvalue weighted by molar-refractivity contribution is 4.84. The normalized spacial score (nSPS) is 22.0. The Bertz CT molecular complexity index is 214. The lowest BCUT2D eigenvalue weighted by Gasteiger charge is -2.34. The minimum Gasteiger partial charge on any atom is -0.385 e. The summed E-state index contributed by atoms with van der Waals surface area (Å²) >= 11 is 0. The Labute approximate surface area is 109 Å². The molecular weight excluding hydrogens is 236 g/mol. The van der Waals surface area contributed by atoms with Gasteiger partial charge in [-0.1, -0.05) is 6.92 Å². The van der Waals surface area contributed by atoms with Gasteiger partial charge >= 0.3 is 0 Å². The van der Waals surface area contributed by atoms with Crippen LogP contribution in [-0.4, -0.2) is 32.2 Å². The molecule has 1 saturated carbocycles. The molecule has 0 aromatic rings. The summed E-state index contributed by atoms with van der Waals surface area (Å²) < 4.78 is 31.4. The second-order valence-electron chi connectivity index (χ2n) is 5.39. The van der Waals surface area contributed by atoms with E-state index < -0.39 is 5.92 Å². The van der Waals surface area contributed by atoms with Gasteiger partial charge in [-0.25, -0.2) is 8.78 Å². The molecule has 0 amide bonds. The number of rotatable bonds is 8. The number of nitrogens with one attached hydrogen (secondary N) is 1. The van der Waals surface area contributed by atoms with Gasteiger partial charge in [-0.05, 0) is 44.6 Å². The number of halogens is 2. The third-order valence-electron chi connectivity index (χ3n) is 3.85. The van der Waals surface area contributed by atoms with Crippen molar-refractivity contribution in [2.24, 2.45) is 5.92 Å². The highest BCUT2D eigenvalue weighted by atomic mass is 19.3. The Morgan fingerprint density at radius 2 is 2.00 bits per heavy atom. The molecule has 18 heavy (non-hydrogen) atoms. The molecule has 1 N–H and O–H groups in total. The molecule has 0 spiro atoms. The molecule has 0 bridgehead atoms. The highest BCUT2D eigenvalue weighted by Crippen LogP contribution is 2.38. The first-order chi connectivity index (χ1) is 8.59. The predicted molar refractivity (Wildman–Crippen MR) is 70.1 cm³/mol. The summed E-state index contributed by atoms with van der Waals surface area (Å²) in [7, 11) is 1.70. The molecule has 0 saturated heterocycles. The molecule has 1 rings (SSSR count). The topological polar surface area (TPSA) is 21.3 Å². The highest BCUT2D eigenvalue weighted by Gasteiger charge is 2.37. The zero-order chi connectivity index (χ0) is 13.4. The Hall–Kier alpha value is -0.220. The fourth-order valence-corrected chi connectivity index (χ4v) is 2.75. The van der Waals surface area contributed by atoms with E-state index in [-0.39, 0.29) is 12.8 Å². The SMILES string of the molecule is CCCNC(CCCOC)C1CCC(F)(F)CC1. The summed E-state index contributed by atoms with van der Waals surface area (Å²) in [5.74, 6) is -2.01. The summed E-state index contributed by atoms with van der Waals surface area (Å²) in [5, 5.41) is 3.52. The lowest BCUT2D eigenvalue weighted by molar-refractivity contribution is -0.0500. The minimum absolute atomic E-state index is 0.0618. The molecule has 1 fully saturated rings. The van der Waals surface area contributed by atoms with E-state index in [0.717, 1.165) is 32.4 Å². The molecule has 0 aliphatic heterocycles. The van der Waals surface area contributed by atoms with E-state index >= 15 is 0 Å². The van der Waals surface area contributed by atoms with Crippen molar-refractivity contribution in [3.63, 3.8) is 0 Å². The maximum atomic E-state index is 13.2. The van der Waals surface area contributed by atoms with E-state index in [2.05, 4.69) is 12.2 Å². The Morgan fingerprint density at radius 1 is 1.33 bits per heavy atom. The van der Waals surface area contributed by atoms with E-state index in [9.17, 15) is 8.78 Å². The van der Waals surface area contributed by atoms with Crippen molar-refractivity contribution in [1.82, 2.24) is 5.32 Å². The molecule has 1 unspecified atom stereocenters. The molecular formula is C14H27F2NO. The Balaban J connectivity index is 2.38.